The monoisotopic (exact) mass is 229 g/mol. The number of nitrogens with zero attached hydrogens (tertiary/aromatic N) is 3. The van der Waals surface area contributed by atoms with Gasteiger partial charge in [0.05, 0.1) is 0 Å². The van der Waals surface area contributed by atoms with Gasteiger partial charge in [-0.05, 0) is 25.3 Å². The maximum atomic E-state index is 4.76. The zero-order chi connectivity index (χ0) is 12.0. The van der Waals surface area contributed by atoms with Crippen molar-refractivity contribution in [2.24, 2.45) is 0 Å². The highest BCUT2D eigenvalue weighted by Crippen LogP contribution is 2.34. The van der Waals surface area contributed by atoms with Gasteiger partial charge in [0.25, 0.3) is 0 Å². The molecule has 2 aromatic heterocycles. The van der Waals surface area contributed by atoms with Crippen LogP contribution in [-0.2, 0) is 5.41 Å². The summed E-state index contributed by atoms with van der Waals surface area (Å²) in [7, 11) is 0. The third-order valence-electron chi connectivity index (χ3n) is 3.59. The molecule has 0 radical (unpaired) electrons. The first-order valence-electron chi connectivity index (χ1n) is 6.40. The summed E-state index contributed by atoms with van der Waals surface area (Å²) >= 11 is 0. The van der Waals surface area contributed by atoms with Crippen LogP contribution in [0.5, 0.6) is 0 Å². The number of fused-ring (bicyclic) bond motifs is 1. The van der Waals surface area contributed by atoms with E-state index in [4.69, 9.17) is 4.98 Å². The normalized spacial score (nSPS) is 17.4. The molecule has 1 aliphatic rings. The van der Waals surface area contributed by atoms with Crippen LogP contribution in [0.3, 0.4) is 0 Å². The van der Waals surface area contributed by atoms with E-state index in [9.17, 15) is 0 Å². The zero-order valence-corrected chi connectivity index (χ0v) is 10.8. The number of rotatable bonds is 1. The van der Waals surface area contributed by atoms with Gasteiger partial charge >= 0.3 is 0 Å². The van der Waals surface area contributed by atoms with Crippen LogP contribution in [0.2, 0.25) is 0 Å². The van der Waals surface area contributed by atoms with Gasteiger partial charge in [-0.2, -0.15) is 0 Å². The van der Waals surface area contributed by atoms with Crippen molar-refractivity contribution in [2.45, 2.75) is 51.5 Å². The molecule has 1 saturated carbocycles. The number of hydrogen-bond donors (Lipinski definition) is 0. The Morgan fingerprint density at radius 1 is 1.29 bits per heavy atom. The van der Waals surface area contributed by atoms with Crippen LogP contribution in [0.25, 0.3) is 11.0 Å². The van der Waals surface area contributed by atoms with E-state index in [2.05, 4.69) is 42.6 Å². The van der Waals surface area contributed by atoms with Crippen molar-refractivity contribution in [3.05, 3.63) is 24.3 Å². The second kappa shape index (κ2) is 3.56. The largest absolute Gasteiger partial charge is 0.329 e. The molecule has 2 heterocycles. The fourth-order valence-corrected chi connectivity index (χ4v) is 2.26. The highest BCUT2D eigenvalue weighted by Gasteiger charge is 2.23. The van der Waals surface area contributed by atoms with Gasteiger partial charge in [-0.25, -0.2) is 9.97 Å². The van der Waals surface area contributed by atoms with E-state index in [-0.39, 0.29) is 5.41 Å². The highest BCUT2D eigenvalue weighted by atomic mass is 15.1. The molecule has 0 saturated heterocycles. The Hall–Kier alpha value is -1.38. The van der Waals surface area contributed by atoms with E-state index in [1.807, 2.05) is 6.20 Å². The molecular formula is C14H19N3. The van der Waals surface area contributed by atoms with Gasteiger partial charge < -0.3 is 4.57 Å². The average molecular weight is 229 g/mol. The Labute approximate surface area is 102 Å². The standard InChI is InChI=1S/C14H19N3/c1-14(2,3)13-15-9-10-7-8-17(12(10)16-13)11-5-4-6-11/h7-9,11H,4-6H2,1-3H3. The predicted molar refractivity (Wildman–Crippen MR) is 69.1 cm³/mol. The number of hydrogen-bond acceptors (Lipinski definition) is 2. The number of aromatic nitrogens is 3. The minimum atomic E-state index is 0.0168. The summed E-state index contributed by atoms with van der Waals surface area (Å²) in [4.78, 5) is 9.23. The molecule has 1 fully saturated rings. The van der Waals surface area contributed by atoms with Crippen molar-refractivity contribution in [2.75, 3.05) is 0 Å². The van der Waals surface area contributed by atoms with Crippen molar-refractivity contribution in [3.63, 3.8) is 0 Å². The van der Waals surface area contributed by atoms with Crippen molar-refractivity contribution in [1.29, 1.82) is 0 Å². The molecule has 0 atom stereocenters. The van der Waals surface area contributed by atoms with Crippen molar-refractivity contribution in [3.8, 4) is 0 Å². The van der Waals surface area contributed by atoms with Gasteiger partial charge in [-0.15, -0.1) is 0 Å². The smallest absolute Gasteiger partial charge is 0.143 e. The SMILES string of the molecule is CC(C)(C)c1ncc2ccn(C3CCC3)c2n1. The first-order chi connectivity index (χ1) is 8.05. The van der Waals surface area contributed by atoms with Gasteiger partial charge in [-0.1, -0.05) is 20.8 Å². The molecule has 1 aliphatic carbocycles. The Morgan fingerprint density at radius 3 is 2.65 bits per heavy atom. The minimum Gasteiger partial charge on any atom is -0.329 e. The molecule has 0 aliphatic heterocycles. The van der Waals surface area contributed by atoms with Crippen molar-refractivity contribution in [1.82, 2.24) is 14.5 Å². The van der Waals surface area contributed by atoms with E-state index in [1.54, 1.807) is 0 Å². The fourth-order valence-electron chi connectivity index (χ4n) is 2.26. The lowest BCUT2D eigenvalue weighted by molar-refractivity contribution is 0.320. The van der Waals surface area contributed by atoms with Gasteiger partial charge in [-0.3, -0.25) is 0 Å². The molecule has 0 spiro atoms. The maximum Gasteiger partial charge on any atom is 0.143 e. The molecule has 2 aromatic rings. The van der Waals surface area contributed by atoms with E-state index < -0.39 is 0 Å². The molecule has 17 heavy (non-hydrogen) atoms. The summed E-state index contributed by atoms with van der Waals surface area (Å²) in [6.45, 7) is 6.47. The second-order valence-corrected chi connectivity index (χ2v) is 6.03. The third-order valence-corrected chi connectivity index (χ3v) is 3.59. The zero-order valence-electron chi connectivity index (χ0n) is 10.8. The van der Waals surface area contributed by atoms with Crippen LogP contribution < -0.4 is 0 Å². The molecule has 0 aromatic carbocycles. The van der Waals surface area contributed by atoms with Crippen LogP contribution in [-0.4, -0.2) is 14.5 Å². The summed E-state index contributed by atoms with van der Waals surface area (Å²) in [5, 5.41) is 1.16. The van der Waals surface area contributed by atoms with Crippen LogP contribution >= 0.6 is 0 Å². The van der Waals surface area contributed by atoms with Gasteiger partial charge in [0.1, 0.15) is 11.5 Å². The second-order valence-electron chi connectivity index (χ2n) is 6.03. The molecule has 90 valence electrons. The van der Waals surface area contributed by atoms with Gasteiger partial charge in [0, 0.05) is 29.2 Å². The Kier molecular flexibility index (Phi) is 2.25. The summed E-state index contributed by atoms with van der Waals surface area (Å²) < 4.78 is 2.33. The van der Waals surface area contributed by atoms with Crippen molar-refractivity contribution >= 4 is 11.0 Å². The molecule has 0 amide bonds. The molecule has 3 rings (SSSR count). The lowest BCUT2D eigenvalue weighted by Gasteiger charge is -2.27. The molecule has 0 unspecified atom stereocenters. The summed E-state index contributed by atoms with van der Waals surface area (Å²) in [6.07, 6.45) is 8.05. The molecule has 0 bridgehead atoms. The topological polar surface area (TPSA) is 30.7 Å². The maximum absolute atomic E-state index is 4.76. The Bertz CT molecular complexity index is 544. The average Bonchev–Trinajstić information content (AvgIpc) is 2.57. The van der Waals surface area contributed by atoms with Crippen LogP contribution in [0.15, 0.2) is 18.5 Å². The Morgan fingerprint density at radius 2 is 2.06 bits per heavy atom. The molecular weight excluding hydrogens is 210 g/mol. The summed E-state index contributed by atoms with van der Waals surface area (Å²) in [5.41, 5.74) is 1.12. The lowest BCUT2D eigenvalue weighted by atomic mass is 9.93. The molecule has 3 nitrogen and oxygen atoms in total. The first-order valence-corrected chi connectivity index (χ1v) is 6.40. The summed E-state index contributed by atoms with van der Waals surface area (Å²) in [5.74, 6) is 0.935. The van der Waals surface area contributed by atoms with Gasteiger partial charge in [0.15, 0.2) is 0 Å². The highest BCUT2D eigenvalue weighted by molar-refractivity contribution is 5.75. The van der Waals surface area contributed by atoms with E-state index in [0.717, 1.165) is 16.9 Å². The molecule has 3 heteroatoms. The first kappa shape index (κ1) is 10.8. The minimum absolute atomic E-state index is 0.0168. The van der Waals surface area contributed by atoms with Crippen molar-refractivity contribution < 1.29 is 0 Å². The van der Waals surface area contributed by atoms with E-state index >= 15 is 0 Å². The fraction of sp³-hybridized carbons (Fsp3) is 0.571. The van der Waals surface area contributed by atoms with Crippen LogP contribution in [0.4, 0.5) is 0 Å². The predicted octanol–water partition coefficient (Wildman–Crippen LogP) is 3.45. The lowest BCUT2D eigenvalue weighted by Crippen LogP contribution is -2.19. The molecule has 0 N–H and O–H groups in total. The van der Waals surface area contributed by atoms with Crippen LogP contribution in [0, 0.1) is 0 Å². The third kappa shape index (κ3) is 1.74. The van der Waals surface area contributed by atoms with Crippen LogP contribution in [0.1, 0.15) is 51.9 Å². The quantitative estimate of drug-likeness (QED) is 0.749. The van der Waals surface area contributed by atoms with E-state index in [1.165, 1.54) is 19.3 Å². The summed E-state index contributed by atoms with van der Waals surface area (Å²) in [6, 6.07) is 2.79. The van der Waals surface area contributed by atoms with E-state index in [0.29, 0.717) is 6.04 Å². The Balaban J connectivity index is 2.12. The van der Waals surface area contributed by atoms with Gasteiger partial charge in [0.2, 0.25) is 0 Å².